The van der Waals surface area contributed by atoms with E-state index in [-0.39, 0.29) is 5.82 Å². The first-order valence-corrected chi connectivity index (χ1v) is 9.12. The first-order chi connectivity index (χ1) is 11.6. The van der Waals surface area contributed by atoms with Crippen molar-refractivity contribution in [1.82, 2.24) is 15.5 Å². The van der Waals surface area contributed by atoms with Crippen LogP contribution in [-0.2, 0) is 6.42 Å². The van der Waals surface area contributed by atoms with Crippen LogP contribution in [-0.4, -0.2) is 49.1 Å². The number of piperidine rings is 1. The van der Waals surface area contributed by atoms with Crippen molar-refractivity contribution in [2.24, 2.45) is 4.99 Å². The van der Waals surface area contributed by atoms with Gasteiger partial charge >= 0.3 is 0 Å². The highest BCUT2D eigenvalue weighted by atomic mass is 19.1. The molecule has 0 spiro atoms. The lowest BCUT2D eigenvalue weighted by Crippen LogP contribution is -2.49. The van der Waals surface area contributed by atoms with Crippen LogP contribution in [0.4, 0.5) is 4.39 Å². The van der Waals surface area contributed by atoms with Crippen molar-refractivity contribution in [3.8, 4) is 0 Å². The molecule has 0 aliphatic carbocycles. The topological polar surface area (TPSA) is 39.7 Å². The first-order valence-electron chi connectivity index (χ1n) is 9.12. The van der Waals surface area contributed by atoms with Gasteiger partial charge < -0.3 is 15.5 Å². The highest BCUT2D eigenvalue weighted by Crippen LogP contribution is 2.13. The Morgan fingerprint density at radius 3 is 2.62 bits per heavy atom. The van der Waals surface area contributed by atoms with Crippen LogP contribution in [0.3, 0.4) is 0 Å². The van der Waals surface area contributed by atoms with Gasteiger partial charge in [-0.05, 0) is 51.7 Å². The normalized spacial score (nSPS) is 17.3. The monoisotopic (exact) mass is 334 g/mol. The summed E-state index contributed by atoms with van der Waals surface area (Å²) in [6.07, 6.45) is 2.89. The Morgan fingerprint density at radius 2 is 2.00 bits per heavy atom. The zero-order chi connectivity index (χ0) is 17.4. The molecule has 4 nitrogen and oxygen atoms in total. The summed E-state index contributed by atoms with van der Waals surface area (Å²) >= 11 is 0. The number of likely N-dealkylation sites (tertiary alicyclic amines) is 1. The summed E-state index contributed by atoms with van der Waals surface area (Å²) in [5.74, 6) is 0.698. The van der Waals surface area contributed by atoms with E-state index in [0.29, 0.717) is 25.0 Å². The molecule has 1 aliphatic rings. The van der Waals surface area contributed by atoms with E-state index in [9.17, 15) is 4.39 Å². The largest absolute Gasteiger partial charge is 0.357 e. The minimum atomic E-state index is -0.147. The zero-order valence-corrected chi connectivity index (χ0v) is 15.2. The summed E-state index contributed by atoms with van der Waals surface area (Å²) in [6, 6.07) is 8.00. The van der Waals surface area contributed by atoms with Crippen molar-refractivity contribution >= 4 is 5.96 Å². The van der Waals surface area contributed by atoms with Crippen LogP contribution in [0.15, 0.2) is 29.3 Å². The summed E-state index contributed by atoms with van der Waals surface area (Å²) < 4.78 is 13.7. The summed E-state index contributed by atoms with van der Waals surface area (Å²) in [4.78, 5) is 7.13. The number of halogens is 1. The number of nitrogens with one attached hydrogen (secondary N) is 2. The van der Waals surface area contributed by atoms with Crippen LogP contribution >= 0.6 is 0 Å². The summed E-state index contributed by atoms with van der Waals surface area (Å²) in [6.45, 7) is 10.2. The second-order valence-corrected chi connectivity index (χ2v) is 6.65. The second kappa shape index (κ2) is 9.62. The number of hydrogen-bond acceptors (Lipinski definition) is 2. The number of hydrogen-bond donors (Lipinski definition) is 2. The van der Waals surface area contributed by atoms with Gasteiger partial charge in [0.05, 0.1) is 0 Å². The maximum absolute atomic E-state index is 13.7. The third-order valence-corrected chi connectivity index (χ3v) is 4.55. The first kappa shape index (κ1) is 18.7. The minimum Gasteiger partial charge on any atom is -0.357 e. The molecule has 1 aromatic carbocycles. The molecule has 2 N–H and O–H groups in total. The Morgan fingerprint density at radius 1 is 1.29 bits per heavy atom. The lowest BCUT2D eigenvalue weighted by Gasteiger charge is -2.35. The van der Waals surface area contributed by atoms with Gasteiger partial charge in [-0.1, -0.05) is 18.2 Å². The molecule has 1 aliphatic heterocycles. The fourth-order valence-corrected chi connectivity index (χ4v) is 3.06. The highest BCUT2D eigenvalue weighted by molar-refractivity contribution is 5.80. The molecular weight excluding hydrogens is 303 g/mol. The molecule has 0 bridgehead atoms. The van der Waals surface area contributed by atoms with Gasteiger partial charge in [-0.25, -0.2) is 4.39 Å². The number of nitrogens with zero attached hydrogens (tertiary/aromatic N) is 2. The highest BCUT2D eigenvalue weighted by Gasteiger charge is 2.21. The summed E-state index contributed by atoms with van der Waals surface area (Å²) in [5, 5.41) is 6.83. The summed E-state index contributed by atoms with van der Waals surface area (Å²) in [5.41, 5.74) is 0.724. The van der Waals surface area contributed by atoms with Crippen molar-refractivity contribution < 1.29 is 4.39 Å². The fourth-order valence-electron chi connectivity index (χ4n) is 3.06. The van der Waals surface area contributed by atoms with Gasteiger partial charge in [0, 0.05) is 38.3 Å². The molecule has 1 heterocycles. The number of guanidine groups is 1. The second-order valence-electron chi connectivity index (χ2n) is 6.65. The Bertz CT molecular complexity index is 522. The van der Waals surface area contributed by atoms with Crippen LogP contribution in [0, 0.1) is 5.82 Å². The van der Waals surface area contributed by atoms with E-state index in [2.05, 4.69) is 41.3 Å². The molecule has 5 heteroatoms. The van der Waals surface area contributed by atoms with Crippen molar-refractivity contribution in [2.75, 3.05) is 26.2 Å². The molecule has 0 aromatic heterocycles. The molecule has 1 saturated heterocycles. The van der Waals surface area contributed by atoms with Crippen LogP contribution < -0.4 is 10.6 Å². The van der Waals surface area contributed by atoms with E-state index in [4.69, 9.17) is 0 Å². The molecule has 2 rings (SSSR count). The molecule has 1 aromatic rings. The number of benzene rings is 1. The smallest absolute Gasteiger partial charge is 0.191 e. The van der Waals surface area contributed by atoms with E-state index in [1.54, 1.807) is 6.07 Å². The molecule has 0 amide bonds. The van der Waals surface area contributed by atoms with E-state index < -0.39 is 0 Å². The standard InChI is InChI=1S/C19H31FN4/c1-4-21-19(22-12-9-16-7-5-6-8-18(16)20)23-17-10-13-24(14-11-17)15(2)3/h5-8,15,17H,4,9-14H2,1-3H3,(H2,21,22,23). The van der Waals surface area contributed by atoms with E-state index >= 15 is 0 Å². The van der Waals surface area contributed by atoms with Gasteiger partial charge in [0.15, 0.2) is 5.96 Å². The van der Waals surface area contributed by atoms with Gasteiger partial charge in [0.25, 0.3) is 0 Å². The van der Waals surface area contributed by atoms with Crippen LogP contribution in [0.25, 0.3) is 0 Å². The lowest BCUT2D eigenvalue weighted by atomic mass is 10.0. The SMILES string of the molecule is CCNC(=NCCc1ccccc1F)NC1CCN(C(C)C)CC1. The minimum absolute atomic E-state index is 0.147. The number of aliphatic imine (C=N–C) groups is 1. The lowest BCUT2D eigenvalue weighted by molar-refractivity contribution is 0.167. The maximum atomic E-state index is 13.7. The fraction of sp³-hybridized carbons (Fsp3) is 0.632. The Kier molecular flexibility index (Phi) is 7.50. The predicted molar refractivity (Wildman–Crippen MR) is 98.9 cm³/mol. The quantitative estimate of drug-likeness (QED) is 0.621. The van der Waals surface area contributed by atoms with Crippen molar-refractivity contribution in [3.63, 3.8) is 0 Å². The average molecular weight is 334 g/mol. The van der Waals surface area contributed by atoms with Crippen LogP contribution in [0.5, 0.6) is 0 Å². The van der Waals surface area contributed by atoms with Crippen molar-refractivity contribution in [1.29, 1.82) is 0 Å². The van der Waals surface area contributed by atoms with E-state index in [1.807, 2.05) is 12.1 Å². The van der Waals surface area contributed by atoms with E-state index in [0.717, 1.165) is 44.0 Å². The summed E-state index contributed by atoms with van der Waals surface area (Å²) in [7, 11) is 0. The molecule has 134 valence electrons. The molecule has 0 saturated carbocycles. The van der Waals surface area contributed by atoms with E-state index in [1.165, 1.54) is 6.07 Å². The van der Waals surface area contributed by atoms with Gasteiger partial charge in [0.1, 0.15) is 5.82 Å². The van der Waals surface area contributed by atoms with Crippen LogP contribution in [0.2, 0.25) is 0 Å². The third kappa shape index (κ3) is 5.78. The predicted octanol–water partition coefficient (Wildman–Crippen LogP) is 2.80. The Balaban J connectivity index is 1.84. The third-order valence-electron chi connectivity index (χ3n) is 4.55. The molecular formula is C19H31FN4. The molecule has 1 fully saturated rings. The number of rotatable bonds is 6. The van der Waals surface area contributed by atoms with Crippen molar-refractivity contribution in [2.45, 2.75) is 52.1 Å². The van der Waals surface area contributed by atoms with Gasteiger partial charge in [0.2, 0.25) is 0 Å². The Labute approximate surface area is 145 Å². The van der Waals surface area contributed by atoms with Gasteiger partial charge in [-0.3, -0.25) is 4.99 Å². The van der Waals surface area contributed by atoms with Gasteiger partial charge in [-0.15, -0.1) is 0 Å². The maximum Gasteiger partial charge on any atom is 0.191 e. The Hall–Kier alpha value is -1.62. The zero-order valence-electron chi connectivity index (χ0n) is 15.2. The van der Waals surface area contributed by atoms with Crippen molar-refractivity contribution in [3.05, 3.63) is 35.6 Å². The molecule has 0 unspecified atom stereocenters. The molecule has 24 heavy (non-hydrogen) atoms. The molecule has 0 atom stereocenters. The average Bonchev–Trinajstić information content (AvgIpc) is 2.57. The van der Waals surface area contributed by atoms with Gasteiger partial charge in [-0.2, -0.15) is 0 Å². The molecule has 0 radical (unpaired) electrons. The van der Waals surface area contributed by atoms with Crippen LogP contribution in [0.1, 0.15) is 39.2 Å².